The molecule has 3 unspecified atom stereocenters. The minimum atomic E-state index is -1.51. The summed E-state index contributed by atoms with van der Waals surface area (Å²) in [7, 11) is 0. The standard InChI is InChI=1S/C18H21FN4O3.C7H12FN/c1-4-6-7-8-9-23-10-25-17-13-15(14(19)11(3)20-17)21-18(22-16(13)23)26-12(24)5-2;8-6-4-7-2-1-3-9(7)5-6/h2,12,24H,4,6-10H2,1,3H3;6-7H,1-5H2. The van der Waals surface area contributed by atoms with Crippen LogP contribution in [0.1, 0.15) is 57.6 Å². The number of fused-ring (bicyclic) bond motifs is 1. The van der Waals surface area contributed by atoms with Crippen LogP contribution in [0.3, 0.4) is 0 Å². The first-order valence-electron chi connectivity index (χ1n) is 12.4. The fourth-order valence-corrected chi connectivity index (χ4v) is 4.86. The third-order valence-electron chi connectivity index (χ3n) is 6.64. The molecule has 3 aliphatic heterocycles. The van der Waals surface area contributed by atoms with Gasteiger partial charge in [-0.25, -0.2) is 13.8 Å². The van der Waals surface area contributed by atoms with Crippen molar-refractivity contribution < 1.29 is 23.4 Å². The van der Waals surface area contributed by atoms with E-state index in [0.29, 0.717) is 36.2 Å². The lowest BCUT2D eigenvalue weighted by molar-refractivity contribution is 0.0258. The second kappa shape index (κ2) is 11.3. The molecule has 5 rings (SSSR count). The Morgan fingerprint density at radius 3 is 2.86 bits per heavy atom. The van der Waals surface area contributed by atoms with E-state index < -0.39 is 18.3 Å². The lowest BCUT2D eigenvalue weighted by atomic mass is 10.1. The number of pyridine rings is 1. The van der Waals surface area contributed by atoms with Gasteiger partial charge in [-0.05, 0) is 45.1 Å². The minimum absolute atomic E-state index is 0.0370. The number of aromatic nitrogens is 3. The molecule has 0 saturated carbocycles. The maximum atomic E-state index is 14.6. The number of halogens is 2. The molecule has 3 atom stereocenters. The van der Waals surface area contributed by atoms with Gasteiger partial charge in [0.05, 0.1) is 5.69 Å². The largest absolute Gasteiger partial charge is 0.456 e. The average Bonchev–Trinajstić information content (AvgIpc) is 3.42. The molecular formula is C25H33F2N5O3. The first kappa shape index (κ1) is 25.3. The first-order chi connectivity index (χ1) is 16.9. The molecule has 1 N–H and O–H groups in total. The average molecular weight is 490 g/mol. The van der Waals surface area contributed by atoms with Gasteiger partial charge in [0.1, 0.15) is 17.1 Å². The predicted molar refractivity (Wildman–Crippen MR) is 129 cm³/mol. The highest BCUT2D eigenvalue weighted by Crippen LogP contribution is 2.38. The summed E-state index contributed by atoms with van der Waals surface area (Å²) in [6, 6.07) is 0.425. The number of nitrogens with zero attached hydrogens (tertiary/aromatic N) is 5. The molecule has 2 fully saturated rings. The highest BCUT2D eigenvalue weighted by Gasteiger charge is 2.34. The topological polar surface area (TPSA) is 83.8 Å². The van der Waals surface area contributed by atoms with Gasteiger partial charge in [-0.2, -0.15) is 9.97 Å². The van der Waals surface area contributed by atoms with Crippen LogP contribution in [-0.4, -0.2) is 69.8 Å². The van der Waals surface area contributed by atoms with Gasteiger partial charge in [-0.1, -0.05) is 26.2 Å². The zero-order valence-corrected chi connectivity index (χ0v) is 20.3. The summed E-state index contributed by atoms with van der Waals surface area (Å²) >= 11 is 0. The Bertz CT molecular complexity index is 1070. The molecular weight excluding hydrogens is 456 g/mol. The summed E-state index contributed by atoms with van der Waals surface area (Å²) < 4.78 is 38.0. The number of alkyl halides is 1. The number of aliphatic hydroxyl groups excluding tert-OH is 1. The van der Waals surface area contributed by atoms with Crippen LogP contribution < -0.4 is 14.4 Å². The fraction of sp³-hybridized carbons (Fsp3) is 0.640. The molecule has 0 bridgehead atoms. The highest BCUT2D eigenvalue weighted by molar-refractivity contribution is 5.95. The molecule has 2 saturated heterocycles. The number of rotatable bonds is 7. The molecule has 0 amide bonds. The predicted octanol–water partition coefficient (Wildman–Crippen LogP) is 3.73. The molecule has 5 heterocycles. The van der Waals surface area contributed by atoms with Gasteiger partial charge >= 0.3 is 6.01 Å². The number of aliphatic hydroxyl groups is 1. The van der Waals surface area contributed by atoms with Gasteiger partial charge in [0, 0.05) is 19.1 Å². The Kier molecular flexibility index (Phi) is 8.19. The second-order valence-electron chi connectivity index (χ2n) is 9.23. The van der Waals surface area contributed by atoms with Crippen LogP contribution in [0, 0.1) is 25.1 Å². The summed E-state index contributed by atoms with van der Waals surface area (Å²) in [5.74, 6) is 2.20. The molecule has 2 aromatic rings. The number of unbranched alkanes of at least 4 members (excludes halogenated alkanes) is 3. The smallest absolute Gasteiger partial charge is 0.322 e. The van der Waals surface area contributed by atoms with E-state index in [0.717, 1.165) is 38.6 Å². The van der Waals surface area contributed by atoms with Gasteiger partial charge in [-0.3, -0.25) is 4.90 Å². The van der Waals surface area contributed by atoms with Crippen molar-refractivity contribution >= 4 is 16.7 Å². The van der Waals surface area contributed by atoms with Crippen molar-refractivity contribution in [3.05, 3.63) is 11.5 Å². The quantitative estimate of drug-likeness (QED) is 0.358. The van der Waals surface area contributed by atoms with E-state index in [9.17, 15) is 13.9 Å². The number of terminal acetylenes is 1. The maximum absolute atomic E-state index is 14.6. The summed E-state index contributed by atoms with van der Waals surface area (Å²) in [5.41, 5.74) is 0.201. The molecule has 3 aliphatic rings. The van der Waals surface area contributed by atoms with Crippen LogP contribution in [0.2, 0.25) is 0 Å². The molecule has 190 valence electrons. The SMILES string of the molecule is C#CC(O)Oc1nc2c3c(nc(C)c(F)c3n1)OCN2CCCCCC.FC1CC2CCCN2C1. The highest BCUT2D eigenvalue weighted by atomic mass is 19.1. The van der Waals surface area contributed by atoms with Crippen molar-refractivity contribution in [2.75, 3.05) is 31.3 Å². The lowest BCUT2D eigenvalue weighted by Crippen LogP contribution is -2.33. The Balaban J connectivity index is 0.000000266. The number of hydrogen-bond acceptors (Lipinski definition) is 8. The van der Waals surface area contributed by atoms with Crippen LogP contribution >= 0.6 is 0 Å². The van der Waals surface area contributed by atoms with E-state index in [1.165, 1.54) is 19.8 Å². The van der Waals surface area contributed by atoms with Crippen molar-refractivity contribution in [3.63, 3.8) is 0 Å². The van der Waals surface area contributed by atoms with Crippen LogP contribution in [0.5, 0.6) is 11.9 Å². The van der Waals surface area contributed by atoms with Crippen molar-refractivity contribution in [2.24, 2.45) is 0 Å². The third-order valence-corrected chi connectivity index (χ3v) is 6.64. The number of anilines is 1. The van der Waals surface area contributed by atoms with Crippen LogP contribution in [0.15, 0.2) is 0 Å². The Morgan fingerprint density at radius 1 is 1.29 bits per heavy atom. The number of ether oxygens (including phenoxy) is 2. The summed E-state index contributed by atoms with van der Waals surface area (Å²) in [4.78, 5) is 16.7. The number of aryl methyl sites for hydroxylation is 1. The Hall–Kier alpha value is -2.77. The van der Waals surface area contributed by atoms with E-state index in [1.807, 2.05) is 10.8 Å². The van der Waals surface area contributed by atoms with E-state index in [4.69, 9.17) is 15.9 Å². The van der Waals surface area contributed by atoms with Gasteiger partial charge < -0.3 is 19.5 Å². The molecule has 35 heavy (non-hydrogen) atoms. The number of hydrogen-bond donors (Lipinski definition) is 1. The van der Waals surface area contributed by atoms with E-state index in [-0.39, 0.29) is 24.0 Å². The Labute approximate surface area is 204 Å². The molecule has 0 spiro atoms. The maximum Gasteiger partial charge on any atom is 0.322 e. The second-order valence-corrected chi connectivity index (χ2v) is 9.23. The summed E-state index contributed by atoms with van der Waals surface area (Å²) in [6.07, 6.45) is 10.7. The van der Waals surface area contributed by atoms with Crippen LogP contribution in [0.25, 0.3) is 10.9 Å². The molecule has 2 aromatic heterocycles. The molecule has 0 radical (unpaired) electrons. The van der Waals surface area contributed by atoms with Crippen molar-refractivity contribution in [3.8, 4) is 24.2 Å². The van der Waals surface area contributed by atoms with Crippen molar-refractivity contribution in [2.45, 2.75) is 77.3 Å². The summed E-state index contributed by atoms with van der Waals surface area (Å²) in [6.45, 7) is 6.48. The lowest BCUT2D eigenvalue weighted by Gasteiger charge is -2.29. The van der Waals surface area contributed by atoms with E-state index >= 15 is 0 Å². The first-order valence-corrected chi connectivity index (χ1v) is 12.4. The van der Waals surface area contributed by atoms with Gasteiger partial charge in [0.2, 0.25) is 5.88 Å². The van der Waals surface area contributed by atoms with Crippen LogP contribution in [0.4, 0.5) is 14.6 Å². The normalized spacial score (nSPS) is 21.7. The van der Waals surface area contributed by atoms with Crippen molar-refractivity contribution in [1.29, 1.82) is 0 Å². The third kappa shape index (κ3) is 5.73. The van der Waals surface area contributed by atoms with Crippen molar-refractivity contribution in [1.82, 2.24) is 19.9 Å². The zero-order chi connectivity index (χ0) is 24.9. The van der Waals surface area contributed by atoms with E-state index in [1.54, 1.807) is 0 Å². The Morgan fingerprint density at radius 2 is 2.11 bits per heavy atom. The zero-order valence-electron chi connectivity index (χ0n) is 20.3. The molecule has 0 aliphatic carbocycles. The monoisotopic (exact) mass is 489 g/mol. The van der Waals surface area contributed by atoms with Gasteiger partial charge in [0.25, 0.3) is 6.29 Å². The fourth-order valence-electron chi connectivity index (χ4n) is 4.86. The molecule has 8 nitrogen and oxygen atoms in total. The van der Waals surface area contributed by atoms with Gasteiger partial charge in [0.15, 0.2) is 18.4 Å². The van der Waals surface area contributed by atoms with Gasteiger partial charge in [-0.15, -0.1) is 6.42 Å². The summed E-state index contributed by atoms with van der Waals surface area (Å²) in [5, 5.41) is 9.92. The minimum Gasteiger partial charge on any atom is -0.456 e. The van der Waals surface area contributed by atoms with E-state index in [2.05, 4.69) is 26.8 Å². The van der Waals surface area contributed by atoms with Crippen LogP contribution in [-0.2, 0) is 0 Å². The molecule has 10 heteroatoms. The molecule has 0 aromatic carbocycles.